The molecule has 0 N–H and O–H groups in total. The van der Waals surface area contributed by atoms with E-state index in [-0.39, 0.29) is 29.2 Å². The van der Waals surface area contributed by atoms with Crippen LogP contribution >= 0.6 is 0 Å². The van der Waals surface area contributed by atoms with E-state index in [1.165, 1.54) is 51.4 Å². The largest absolute Gasteiger partial charge is 0.466 e. The molecule has 0 saturated heterocycles. The highest BCUT2D eigenvalue weighted by atomic mass is 16.5. The number of hydrogen-bond donors (Lipinski definition) is 0. The van der Waals surface area contributed by atoms with E-state index in [4.69, 9.17) is 9.47 Å². The Balaban J connectivity index is 2.13. The quantitative estimate of drug-likeness (QED) is 0.194. The molecule has 0 aromatic carbocycles. The van der Waals surface area contributed by atoms with E-state index in [9.17, 15) is 9.59 Å². The van der Waals surface area contributed by atoms with Crippen LogP contribution in [0.25, 0.3) is 0 Å². The lowest BCUT2D eigenvalue weighted by molar-refractivity contribution is -0.170. The molecule has 0 aliphatic heterocycles. The normalized spacial score (nSPS) is 20.1. The van der Waals surface area contributed by atoms with Crippen molar-refractivity contribution in [1.82, 2.24) is 0 Å². The molecule has 2 unspecified atom stereocenters. The molecule has 1 aliphatic carbocycles. The maximum absolute atomic E-state index is 12.4. The molecule has 1 saturated carbocycles. The second-order valence-corrected chi connectivity index (χ2v) is 9.43. The standard InChI is InChI=1S/C25H46O4/c1-5-7-9-11-13-15-17-28-23(26)20-21-19-22(25(21,3)4)24(27)29-18-16-14-12-10-8-6-2/h21-22H,5-20H2,1-4H3. The molecule has 1 rings (SSSR count). The van der Waals surface area contributed by atoms with Crippen LogP contribution in [-0.4, -0.2) is 25.2 Å². The van der Waals surface area contributed by atoms with Crippen LogP contribution in [0.1, 0.15) is 118 Å². The fourth-order valence-electron chi connectivity index (χ4n) is 4.25. The average Bonchev–Trinajstić information content (AvgIpc) is 2.69. The Labute approximate surface area is 179 Å². The second-order valence-electron chi connectivity index (χ2n) is 9.43. The highest BCUT2D eigenvalue weighted by molar-refractivity contribution is 5.76. The molecule has 1 aliphatic rings. The van der Waals surface area contributed by atoms with Gasteiger partial charge in [-0.15, -0.1) is 0 Å². The van der Waals surface area contributed by atoms with E-state index in [2.05, 4.69) is 27.7 Å². The van der Waals surface area contributed by atoms with Crippen LogP contribution in [0.3, 0.4) is 0 Å². The number of rotatable bonds is 17. The first-order valence-electron chi connectivity index (χ1n) is 12.3. The van der Waals surface area contributed by atoms with E-state index in [1.807, 2.05) is 0 Å². The van der Waals surface area contributed by atoms with E-state index in [0.29, 0.717) is 19.6 Å². The molecule has 0 heterocycles. The smallest absolute Gasteiger partial charge is 0.309 e. The first kappa shape index (κ1) is 26.0. The second kappa shape index (κ2) is 14.8. The molecule has 0 aromatic heterocycles. The number of esters is 2. The lowest BCUT2D eigenvalue weighted by atomic mass is 9.54. The summed E-state index contributed by atoms with van der Waals surface area (Å²) in [6.07, 6.45) is 15.4. The van der Waals surface area contributed by atoms with Crippen LogP contribution in [0.2, 0.25) is 0 Å². The highest BCUT2D eigenvalue weighted by Crippen LogP contribution is 2.53. The zero-order valence-corrected chi connectivity index (χ0v) is 19.6. The summed E-state index contributed by atoms with van der Waals surface area (Å²) in [5.74, 6) is -0.0686. The third-order valence-electron chi connectivity index (χ3n) is 6.67. The van der Waals surface area contributed by atoms with E-state index in [1.54, 1.807) is 0 Å². The van der Waals surface area contributed by atoms with Gasteiger partial charge in [0.25, 0.3) is 0 Å². The number of carbonyl (C=O) groups is 2. The summed E-state index contributed by atoms with van der Waals surface area (Å²) in [5, 5.41) is 0. The molecule has 170 valence electrons. The van der Waals surface area contributed by atoms with E-state index >= 15 is 0 Å². The molecule has 0 spiro atoms. The van der Waals surface area contributed by atoms with Crippen LogP contribution in [0.5, 0.6) is 0 Å². The van der Waals surface area contributed by atoms with Crippen molar-refractivity contribution < 1.29 is 19.1 Å². The molecule has 0 radical (unpaired) electrons. The van der Waals surface area contributed by atoms with Gasteiger partial charge < -0.3 is 9.47 Å². The van der Waals surface area contributed by atoms with Crippen molar-refractivity contribution in [3.8, 4) is 0 Å². The lowest BCUT2D eigenvalue weighted by Gasteiger charge is -2.50. The number of unbranched alkanes of at least 4 members (excludes halogenated alkanes) is 10. The fraction of sp³-hybridized carbons (Fsp3) is 0.920. The van der Waals surface area contributed by atoms with Gasteiger partial charge in [-0.1, -0.05) is 91.9 Å². The van der Waals surface area contributed by atoms with Gasteiger partial charge in [-0.3, -0.25) is 9.59 Å². The minimum atomic E-state index is -0.183. The summed E-state index contributed by atoms with van der Waals surface area (Å²) in [6, 6.07) is 0. The summed E-state index contributed by atoms with van der Waals surface area (Å²) in [6.45, 7) is 9.65. The summed E-state index contributed by atoms with van der Waals surface area (Å²) < 4.78 is 10.9. The zero-order valence-electron chi connectivity index (χ0n) is 19.6. The molecule has 1 fully saturated rings. The summed E-state index contributed by atoms with van der Waals surface area (Å²) >= 11 is 0. The van der Waals surface area contributed by atoms with Crippen LogP contribution in [0.15, 0.2) is 0 Å². The van der Waals surface area contributed by atoms with Gasteiger partial charge in [0.2, 0.25) is 0 Å². The average molecular weight is 411 g/mol. The third-order valence-corrected chi connectivity index (χ3v) is 6.67. The molecular weight excluding hydrogens is 364 g/mol. The molecule has 4 heteroatoms. The van der Waals surface area contributed by atoms with Gasteiger partial charge in [0, 0.05) is 6.42 Å². The molecule has 29 heavy (non-hydrogen) atoms. The molecule has 0 amide bonds. The van der Waals surface area contributed by atoms with Crippen molar-refractivity contribution in [1.29, 1.82) is 0 Å². The lowest BCUT2D eigenvalue weighted by Crippen LogP contribution is -2.50. The molecule has 2 atom stereocenters. The minimum absolute atomic E-state index is 0.0831. The first-order valence-corrected chi connectivity index (χ1v) is 12.3. The zero-order chi connectivity index (χ0) is 21.5. The van der Waals surface area contributed by atoms with Crippen LogP contribution in [0.4, 0.5) is 0 Å². The third kappa shape index (κ3) is 10.00. The first-order chi connectivity index (χ1) is 13.9. The monoisotopic (exact) mass is 410 g/mol. The topological polar surface area (TPSA) is 52.6 Å². The van der Waals surface area contributed by atoms with Gasteiger partial charge in [-0.2, -0.15) is 0 Å². The van der Waals surface area contributed by atoms with Crippen molar-refractivity contribution in [3.63, 3.8) is 0 Å². The summed E-state index contributed by atoms with van der Waals surface area (Å²) in [4.78, 5) is 24.5. The van der Waals surface area contributed by atoms with E-state index < -0.39 is 0 Å². The van der Waals surface area contributed by atoms with Gasteiger partial charge in [-0.25, -0.2) is 0 Å². The molecule has 0 bridgehead atoms. The van der Waals surface area contributed by atoms with Gasteiger partial charge in [-0.05, 0) is 30.6 Å². The van der Waals surface area contributed by atoms with Crippen molar-refractivity contribution >= 4 is 11.9 Å². The number of ether oxygens (including phenoxy) is 2. The minimum Gasteiger partial charge on any atom is -0.466 e. The Bertz CT molecular complexity index is 458. The van der Waals surface area contributed by atoms with Gasteiger partial charge >= 0.3 is 11.9 Å². The highest BCUT2D eigenvalue weighted by Gasteiger charge is 2.53. The maximum Gasteiger partial charge on any atom is 0.309 e. The SMILES string of the molecule is CCCCCCCCOC(=O)CC1CC(C(=O)OCCCCCCCC)C1(C)C. The fourth-order valence-corrected chi connectivity index (χ4v) is 4.25. The summed E-state index contributed by atoms with van der Waals surface area (Å²) in [7, 11) is 0. The van der Waals surface area contributed by atoms with Crippen LogP contribution in [-0.2, 0) is 19.1 Å². The Morgan fingerprint density at radius 2 is 1.24 bits per heavy atom. The van der Waals surface area contributed by atoms with Crippen molar-refractivity contribution in [2.24, 2.45) is 17.3 Å². The van der Waals surface area contributed by atoms with Crippen LogP contribution < -0.4 is 0 Å². The van der Waals surface area contributed by atoms with Crippen molar-refractivity contribution in [3.05, 3.63) is 0 Å². The Hall–Kier alpha value is -1.06. The van der Waals surface area contributed by atoms with Crippen molar-refractivity contribution in [2.75, 3.05) is 13.2 Å². The van der Waals surface area contributed by atoms with Crippen molar-refractivity contribution in [2.45, 2.75) is 118 Å². The Morgan fingerprint density at radius 3 is 1.76 bits per heavy atom. The summed E-state index contributed by atoms with van der Waals surface area (Å²) in [5.41, 5.74) is -0.183. The van der Waals surface area contributed by atoms with Gasteiger partial charge in [0.05, 0.1) is 19.1 Å². The molecular formula is C25H46O4. The molecule has 4 nitrogen and oxygen atoms in total. The Kier molecular flexibility index (Phi) is 13.3. The van der Waals surface area contributed by atoms with Gasteiger partial charge in [0.1, 0.15) is 0 Å². The Morgan fingerprint density at radius 1 is 0.759 bits per heavy atom. The predicted molar refractivity (Wildman–Crippen MR) is 119 cm³/mol. The number of carbonyl (C=O) groups excluding carboxylic acids is 2. The number of hydrogen-bond acceptors (Lipinski definition) is 4. The van der Waals surface area contributed by atoms with Crippen LogP contribution in [0, 0.1) is 17.3 Å². The predicted octanol–water partition coefficient (Wildman–Crippen LogP) is 6.85. The maximum atomic E-state index is 12.4. The van der Waals surface area contributed by atoms with Gasteiger partial charge in [0.15, 0.2) is 0 Å². The van der Waals surface area contributed by atoms with E-state index in [0.717, 1.165) is 32.1 Å². The molecule has 0 aromatic rings.